The summed E-state index contributed by atoms with van der Waals surface area (Å²) in [6.45, 7) is 4.66. The van der Waals surface area contributed by atoms with Crippen molar-refractivity contribution in [2.75, 3.05) is 19.6 Å². The van der Waals surface area contributed by atoms with Gasteiger partial charge in [0, 0.05) is 0 Å². The Hall–Kier alpha value is -1.59. The van der Waals surface area contributed by atoms with E-state index < -0.39 is 5.97 Å². The molecule has 0 aliphatic carbocycles. The fourth-order valence-electron chi connectivity index (χ4n) is 2.46. The number of carbonyl (C=O) groups is 2. The molecule has 5 nitrogen and oxygen atoms in total. The standard InChI is InChI=1S/C17H26N2O3.ClH/c1-3-8-15(14-9-6-5-7-10-14)18-16(20)12-19(11-4-2)13-17(21)22;/h5-7,9-10,15H,3-4,8,11-13H2,1-2H3,(H,18,20)(H,21,22);1H. The van der Waals surface area contributed by atoms with Crippen LogP contribution in [0.1, 0.15) is 44.7 Å². The van der Waals surface area contributed by atoms with Gasteiger partial charge in [-0.25, -0.2) is 0 Å². The molecule has 1 amide bonds. The first-order valence-electron chi connectivity index (χ1n) is 7.85. The number of amides is 1. The summed E-state index contributed by atoms with van der Waals surface area (Å²) in [5.41, 5.74) is 1.08. The molecule has 0 saturated heterocycles. The van der Waals surface area contributed by atoms with Crippen LogP contribution in [-0.2, 0) is 9.59 Å². The van der Waals surface area contributed by atoms with Crippen molar-refractivity contribution >= 4 is 24.3 Å². The molecule has 1 aromatic carbocycles. The lowest BCUT2D eigenvalue weighted by atomic mass is 10.0. The number of rotatable bonds is 10. The minimum atomic E-state index is -0.908. The van der Waals surface area contributed by atoms with E-state index in [0.717, 1.165) is 24.8 Å². The Balaban J connectivity index is 0.00000484. The number of nitrogens with zero attached hydrogens (tertiary/aromatic N) is 1. The molecule has 1 unspecified atom stereocenters. The second-order valence-corrected chi connectivity index (χ2v) is 5.42. The van der Waals surface area contributed by atoms with Gasteiger partial charge in [-0.05, 0) is 24.9 Å². The third-order valence-electron chi connectivity index (χ3n) is 3.38. The van der Waals surface area contributed by atoms with Gasteiger partial charge in [0.15, 0.2) is 0 Å². The van der Waals surface area contributed by atoms with Crippen molar-refractivity contribution in [3.05, 3.63) is 35.9 Å². The highest BCUT2D eigenvalue weighted by Crippen LogP contribution is 2.17. The molecule has 0 heterocycles. The zero-order valence-electron chi connectivity index (χ0n) is 13.8. The lowest BCUT2D eigenvalue weighted by Gasteiger charge is -2.22. The Kier molecular flexibility index (Phi) is 11.1. The molecular formula is C17H27ClN2O3. The molecule has 0 saturated carbocycles. The first-order chi connectivity index (χ1) is 10.6. The van der Waals surface area contributed by atoms with Crippen LogP contribution in [0.4, 0.5) is 0 Å². The Morgan fingerprint density at radius 3 is 2.30 bits per heavy atom. The number of hydrogen-bond acceptors (Lipinski definition) is 3. The van der Waals surface area contributed by atoms with E-state index in [0.29, 0.717) is 6.54 Å². The summed E-state index contributed by atoms with van der Waals surface area (Å²) < 4.78 is 0. The molecule has 130 valence electrons. The number of carboxylic acids is 1. The van der Waals surface area contributed by atoms with Gasteiger partial charge in [0.25, 0.3) is 0 Å². The second-order valence-electron chi connectivity index (χ2n) is 5.42. The van der Waals surface area contributed by atoms with Gasteiger partial charge >= 0.3 is 5.97 Å². The molecular weight excluding hydrogens is 316 g/mol. The van der Waals surface area contributed by atoms with Crippen LogP contribution in [0.25, 0.3) is 0 Å². The Labute approximate surface area is 144 Å². The van der Waals surface area contributed by atoms with Gasteiger partial charge in [0.1, 0.15) is 0 Å². The Morgan fingerprint density at radius 2 is 1.78 bits per heavy atom. The van der Waals surface area contributed by atoms with Crippen molar-refractivity contribution in [3.63, 3.8) is 0 Å². The van der Waals surface area contributed by atoms with Gasteiger partial charge in [-0.2, -0.15) is 0 Å². The SMILES string of the molecule is CCCC(NC(=O)CN(CCC)CC(=O)O)c1ccccc1.Cl. The largest absolute Gasteiger partial charge is 0.480 e. The summed E-state index contributed by atoms with van der Waals surface area (Å²) in [6.07, 6.45) is 2.65. The van der Waals surface area contributed by atoms with E-state index in [2.05, 4.69) is 12.2 Å². The third kappa shape index (κ3) is 8.57. The highest BCUT2D eigenvalue weighted by atomic mass is 35.5. The highest BCUT2D eigenvalue weighted by Gasteiger charge is 2.17. The van der Waals surface area contributed by atoms with Gasteiger partial charge in [-0.15, -0.1) is 12.4 Å². The summed E-state index contributed by atoms with van der Waals surface area (Å²) in [4.78, 5) is 24.7. The first kappa shape index (κ1) is 21.4. The fourth-order valence-corrected chi connectivity index (χ4v) is 2.46. The maximum Gasteiger partial charge on any atom is 0.317 e. The molecule has 0 aliphatic heterocycles. The molecule has 0 spiro atoms. The van der Waals surface area contributed by atoms with Crippen molar-refractivity contribution in [1.82, 2.24) is 10.2 Å². The molecule has 23 heavy (non-hydrogen) atoms. The first-order valence-corrected chi connectivity index (χ1v) is 7.85. The number of benzene rings is 1. The average molecular weight is 343 g/mol. The van der Waals surface area contributed by atoms with Crippen molar-refractivity contribution in [3.8, 4) is 0 Å². The number of carbonyl (C=O) groups excluding carboxylic acids is 1. The second kappa shape index (κ2) is 11.9. The summed E-state index contributed by atoms with van der Waals surface area (Å²) in [5, 5.41) is 11.9. The minimum Gasteiger partial charge on any atom is -0.480 e. The van der Waals surface area contributed by atoms with Crippen molar-refractivity contribution in [2.24, 2.45) is 0 Å². The number of carboxylic acid groups (broad SMARTS) is 1. The average Bonchev–Trinajstić information content (AvgIpc) is 2.47. The van der Waals surface area contributed by atoms with E-state index in [-0.39, 0.29) is 37.4 Å². The predicted octanol–water partition coefficient (Wildman–Crippen LogP) is 2.86. The lowest BCUT2D eigenvalue weighted by molar-refractivity contribution is -0.138. The van der Waals surface area contributed by atoms with Gasteiger partial charge in [-0.3, -0.25) is 14.5 Å². The van der Waals surface area contributed by atoms with E-state index >= 15 is 0 Å². The predicted molar refractivity (Wildman–Crippen MR) is 93.8 cm³/mol. The van der Waals surface area contributed by atoms with Crippen molar-refractivity contribution in [2.45, 2.75) is 39.2 Å². The molecule has 1 rings (SSSR count). The number of halogens is 1. The molecule has 1 atom stereocenters. The summed E-state index contributed by atoms with van der Waals surface area (Å²) in [6, 6.07) is 9.84. The highest BCUT2D eigenvalue weighted by molar-refractivity contribution is 5.85. The monoisotopic (exact) mass is 342 g/mol. The van der Waals surface area contributed by atoms with E-state index in [1.807, 2.05) is 37.3 Å². The van der Waals surface area contributed by atoms with E-state index in [1.54, 1.807) is 4.90 Å². The summed E-state index contributed by atoms with van der Waals surface area (Å²) >= 11 is 0. The van der Waals surface area contributed by atoms with Crippen LogP contribution in [0.3, 0.4) is 0 Å². The zero-order chi connectivity index (χ0) is 16.4. The Morgan fingerprint density at radius 1 is 1.13 bits per heavy atom. The van der Waals surface area contributed by atoms with E-state index in [1.165, 1.54) is 0 Å². The molecule has 1 aromatic rings. The van der Waals surface area contributed by atoms with Crippen LogP contribution >= 0.6 is 12.4 Å². The van der Waals surface area contributed by atoms with Gasteiger partial charge in [0.2, 0.25) is 5.91 Å². The van der Waals surface area contributed by atoms with Crippen LogP contribution in [0.2, 0.25) is 0 Å². The maximum absolute atomic E-state index is 12.2. The molecule has 0 fully saturated rings. The molecule has 0 aromatic heterocycles. The Bertz CT molecular complexity index is 468. The number of nitrogens with one attached hydrogen (secondary N) is 1. The van der Waals surface area contributed by atoms with Crippen molar-refractivity contribution < 1.29 is 14.7 Å². The fraction of sp³-hybridized carbons (Fsp3) is 0.529. The lowest BCUT2D eigenvalue weighted by Crippen LogP contribution is -2.41. The number of aliphatic carboxylic acids is 1. The molecule has 6 heteroatoms. The third-order valence-corrected chi connectivity index (χ3v) is 3.38. The van der Waals surface area contributed by atoms with Crippen molar-refractivity contribution in [1.29, 1.82) is 0 Å². The molecule has 2 N–H and O–H groups in total. The van der Waals surface area contributed by atoms with E-state index in [4.69, 9.17) is 5.11 Å². The summed E-state index contributed by atoms with van der Waals surface area (Å²) in [7, 11) is 0. The van der Waals surface area contributed by atoms with Crippen LogP contribution < -0.4 is 5.32 Å². The minimum absolute atomic E-state index is 0. The quantitative estimate of drug-likeness (QED) is 0.686. The van der Waals surface area contributed by atoms with Gasteiger partial charge in [0.05, 0.1) is 19.1 Å². The van der Waals surface area contributed by atoms with Crippen LogP contribution in [0.5, 0.6) is 0 Å². The summed E-state index contributed by atoms with van der Waals surface area (Å²) in [5.74, 6) is -1.04. The topological polar surface area (TPSA) is 69.6 Å². The molecule has 0 aliphatic rings. The van der Waals surface area contributed by atoms with E-state index in [9.17, 15) is 9.59 Å². The molecule has 0 bridgehead atoms. The molecule has 0 radical (unpaired) electrons. The van der Waals surface area contributed by atoms with Gasteiger partial charge in [-0.1, -0.05) is 50.6 Å². The zero-order valence-corrected chi connectivity index (χ0v) is 14.6. The maximum atomic E-state index is 12.2. The van der Waals surface area contributed by atoms with Crippen LogP contribution in [-0.4, -0.2) is 41.5 Å². The van der Waals surface area contributed by atoms with Crippen LogP contribution in [0.15, 0.2) is 30.3 Å². The normalized spacial score (nSPS) is 11.6. The van der Waals surface area contributed by atoms with Crippen LogP contribution in [0, 0.1) is 0 Å². The number of hydrogen-bond donors (Lipinski definition) is 2. The smallest absolute Gasteiger partial charge is 0.317 e. The van der Waals surface area contributed by atoms with Gasteiger partial charge < -0.3 is 10.4 Å².